The zero-order valence-electron chi connectivity index (χ0n) is 8.50. The second kappa shape index (κ2) is 3.90. The van der Waals surface area contributed by atoms with Gasteiger partial charge in [0.2, 0.25) is 0 Å². The van der Waals surface area contributed by atoms with Crippen LogP contribution in [0.1, 0.15) is 25.0 Å². The maximum absolute atomic E-state index is 5.18. The molecule has 0 amide bonds. The van der Waals surface area contributed by atoms with Gasteiger partial charge < -0.3 is 0 Å². The van der Waals surface area contributed by atoms with Crippen molar-refractivity contribution in [3.05, 3.63) is 35.4 Å². The lowest BCUT2D eigenvalue weighted by Gasteiger charge is -2.21. The molecule has 2 heteroatoms. The van der Waals surface area contributed by atoms with E-state index in [-0.39, 0.29) is 5.60 Å². The van der Waals surface area contributed by atoms with Crippen molar-refractivity contribution in [2.45, 2.75) is 32.8 Å². The summed E-state index contributed by atoms with van der Waals surface area (Å²) in [4.78, 5) is 4.87. The van der Waals surface area contributed by atoms with Gasteiger partial charge in [-0.2, -0.15) is 0 Å². The Bertz CT molecular complexity index is 264. The zero-order valence-corrected chi connectivity index (χ0v) is 8.50. The van der Waals surface area contributed by atoms with Crippen LogP contribution in [-0.2, 0) is 11.3 Å². The van der Waals surface area contributed by atoms with Crippen molar-refractivity contribution in [1.82, 2.24) is 0 Å². The highest BCUT2D eigenvalue weighted by atomic mass is 16.6. The van der Waals surface area contributed by atoms with Crippen LogP contribution < -0.4 is 5.90 Å². The molecule has 0 spiro atoms. The van der Waals surface area contributed by atoms with Crippen molar-refractivity contribution in [1.29, 1.82) is 0 Å². The molecule has 0 aliphatic rings. The lowest BCUT2D eigenvalue weighted by atomic mass is 9.98. The standard InChI is InChI=1S/C11H17NO/c1-9-4-6-10(7-5-9)8-11(2,3)13-12/h4-7H,8,12H2,1-3H3. The third-order valence-corrected chi connectivity index (χ3v) is 2.07. The van der Waals surface area contributed by atoms with Crippen molar-refractivity contribution in [3.63, 3.8) is 0 Å². The normalized spacial score (nSPS) is 11.7. The molecule has 0 aliphatic carbocycles. The Hall–Kier alpha value is -0.860. The monoisotopic (exact) mass is 179 g/mol. The van der Waals surface area contributed by atoms with Crippen molar-refractivity contribution in [2.75, 3.05) is 0 Å². The summed E-state index contributed by atoms with van der Waals surface area (Å²) in [7, 11) is 0. The summed E-state index contributed by atoms with van der Waals surface area (Å²) in [6, 6.07) is 8.41. The van der Waals surface area contributed by atoms with Gasteiger partial charge in [0.25, 0.3) is 0 Å². The third kappa shape index (κ3) is 3.17. The molecular weight excluding hydrogens is 162 g/mol. The smallest absolute Gasteiger partial charge is 0.0878 e. The molecule has 1 rings (SSSR count). The van der Waals surface area contributed by atoms with Gasteiger partial charge in [-0.25, -0.2) is 5.90 Å². The van der Waals surface area contributed by atoms with Crippen LogP contribution in [0.3, 0.4) is 0 Å². The van der Waals surface area contributed by atoms with Crippen LogP contribution in [0.15, 0.2) is 24.3 Å². The molecule has 2 nitrogen and oxygen atoms in total. The van der Waals surface area contributed by atoms with E-state index < -0.39 is 0 Å². The molecule has 13 heavy (non-hydrogen) atoms. The van der Waals surface area contributed by atoms with Crippen molar-refractivity contribution < 1.29 is 4.84 Å². The van der Waals surface area contributed by atoms with Crippen LogP contribution in [-0.4, -0.2) is 5.60 Å². The molecule has 0 bridgehead atoms. The van der Waals surface area contributed by atoms with Crippen LogP contribution in [0.25, 0.3) is 0 Å². The molecule has 0 heterocycles. The van der Waals surface area contributed by atoms with Gasteiger partial charge >= 0.3 is 0 Å². The number of nitrogens with two attached hydrogens (primary N) is 1. The summed E-state index contributed by atoms with van der Waals surface area (Å²) in [5, 5.41) is 0. The largest absolute Gasteiger partial charge is 0.298 e. The third-order valence-electron chi connectivity index (χ3n) is 2.07. The first-order valence-corrected chi connectivity index (χ1v) is 4.47. The van der Waals surface area contributed by atoms with E-state index >= 15 is 0 Å². The number of hydrogen-bond acceptors (Lipinski definition) is 2. The first kappa shape index (κ1) is 10.2. The van der Waals surface area contributed by atoms with Gasteiger partial charge in [0.15, 0.2) is 0 Å². The SMILES string of the molecule is Cc1ccc(CC(C)(C)ON)cc1. The average molecular weight is 179 g/mol. The highest BCUT2D eigenvalue weighted by Gasteiger charge is 2.17. The molecule has 1 aromatic carbocycles. The molecule has 0 radical (unpaired) electrons. The quantitative estimate of drug-likeness (QED) is 0.722. The van der Waals surface area contributed by atoms with Gasteiger partial charge in [0, 0.05) is 6.42 Å². The van der Waals surface area contributed by atoms with Gasteiger partial charge in [-0.05, 0) is 26.3 Å². The van der Waals surface area contributed by atoms with Gasteiger partial charge in [0.05, 0.1) is 5.60 Å². The van der Waals surface area contributed by atoms with Gasteiger partial charge in [-0.3, -0.25) is 4.84 Å². The van der Waals surface area contributed by atoms with Crippen molar-refractivity contribution in [3.8, 4) is 0 Å². The molecular formula is C11H17NO. The summed E-state index contributed by atoms with van der Waals surface area (Å²) >= 11 is 0. The molecule has 0 fully saturated rings. The minimum atomic E-state index is -0.282. The number of benzene rings is 1. The molecule has 72 valence electrons. The second-order valence-electron chi connectivity index (χ2n) is 4.04. The fraction of sp³-hybridized carbons (Fsp3) is 0.455. The summed E-state index contributed by atoms with van der Waals surface area (Å²) in [6.07, 6.45) is 0.837. The van der Waals surface area contributed by atoms with E-state index in [9.17, 15) is 0 Å². The molecule has 0 saturated carbocycles. The summed E-state index contributed by atoms with van der Waals surface area (Å²) in [5.74, 6) is 5.18. The van der Waals surface area contributed by atoms with E-state index in [1.807, 2.05) is 13.8 Å². The second-order valence-corrected chi connectivity index (χ2v) is 4.04. The Morgan fingerprint density at radius 1 is 1.23 bits per heavy atom. The Morgan fingerprint density at radius 2 is 1.77 bits per heavy atom. The number of hydrogen-bond donors (Lipinski definition) is 1. The minimum absolute atomic E-state index is 0.282. The van der Waals surface area contributed by atoms with Crippen LogP contribution in [0.5, 0.6) is 0 Å². The number of rotatable bonds is 3. The van der Waals surface area contributed by atoms with Crippen molar-refractivity contribution in [2.24, 2.45) is 5.90 Å². The Balaban J connectivity index is 2.69. The predicted octanol–water partition coefficient (Wildman–Crippen LogP) is 2.21. The molecule has 0 unspecified atom stereocenters. The summed E-state index contributed by atoms with van der Waals surface area (Å²) < 4.78 is 0. The van der Waals surface area contributed by atoms with E-state index in [1.165, 1.54) is 11.1 Å². The zero-order chi connectivity index (χ0) is 9.90. The minimum Gasteiger partial charge on any atom is -0.298 e. The topological polar surface area (TPSA) is 35.2 Å². The van der Waals surface area contributed by atoms with E-state index in [4.69, 9.17) is 10.7 Å². The van der Waals surface area contributed by atoms with Crippen LogP contribution in [0.2, 0.25) is 0 Å². The van der Waals surface area contributed by atoms with Crippen LogP contribution >= 0.6 is 0 Å². The van der Waals surface area contributed by atoms with E-state index in [2.05, 4.69) is 31.2 Å². The summed E-state index contributed by atoms with van der Waals surface area (Å²) in [6.45, 7) is 6.04. The van der Waals surface area contributed by atoms with E-state index in [0.29, 0.717) is 0 Å². The lowest BCUT2D eigenvalue weighted by molar-refractivity contribution is -0.0187. The Labute approximate surface area is 79.7 Å². The van der Waals surface area contributed by atoms with Crippen LogP contribution in [0, 0.1) is 6.92 Å². The Morgan fingerprint density at radius 3 is 2.23 bits per heavy atom. The molecule has 0 atom stereocenters. The first-order valence-electron chi connectivity index (χ1n) is 4.47. The fourth-order valence-electron chi connectivity index (χ4n) is 1.24. The summed E-state index contributed by atoms with van der Waals surface area (Å²) in [5.41, 5.74) is 2.24. The van der Waals surface area contributed by atoms with Gasteiger partial charge in [-0.15, -0.1) is 0 Å². The van der Waals surface area contributed by atoms with E-state index in [1.54, 1.807) is 0 Å². The molecule has 1 aromatic rings. The number of aryl methyl sites for hydroxylation is 1. The maximum atomic E-state index is 5.18. The molecule has 0 aliphatic heterocycles. The predicted molar refractivity (Wildman–Crippen MR) is 54.2 cm³/mol. The first-order chi connectivity index (χ1) is 6.03. The highest BCUT2D eigenvalue weighted by Crippen LogP contribution is 2.15. The maximum Gasteiger partial charge on any atom is 0.0878 e. The Kier molecular flexibility index (Phi) is 3.07. The van der Waals surface area contributed by atoms with Crippen LogP contribution in [0.4, 0.5) is 0 Å². The molecule has 2 N–H and O–H groups in total. The molecule has 0 aromatic heterocycles. The molecule has 0 saturated heterocycles. The van der Waals surface area contributed by atoms with Crippen molar-refractivity contribution >= 4 is 0 Å². The van der Waals surface area contributed by atoms with Gasteiger partial charge in [-0.1, -0.05) is 29.8 Å². The van der Waals surface area contributed by atoms with Gasteiger partial charge in [0.1, 0.15) is 0 Å². The highest BCUT2D eigenvalue weighted by molar-refractivity contribution is 5.22. The van der Waals surface area contributed by atoms with E-state index in [0.717, 1.165) is 6.42 Å². The fourth-order valence-corrected chi connectivity index (χ4v) is 1.24. The average Bonchev–Trinajstić information content (AvgIpc) is 2.09. The lowest BCUT2D eigenvalue weighted by Crippen LogP contribution is -2.30.